The van der Waals surface area contributed by atoms with Gasteiger partial charge in [-0.2, -0.15) is 17.7 Å². The zero-order chi connectivity index (χ0) is 25.2. The molecule has 0 radical (unpaired) electrons. The van der Waals surface area contributed by atoms with Gasteiger partial charge in [0.05, 0.1) is 5.92 Å². The molecule has 1 fully saturated rings. The summed E-state index contributed by atoms with van der Waals surface area (Å²) in [4.78, 5) is 28.2. The highest BCUT2D eigenvalue weighted by atomic mass is 19.4. The van der Waals surface area contributed by atoms with Gasteiger partial charge in [0.1, 0.15) is 11.6 Å². The molecular weight excluding hydrogens is 472 g/mol. The summed E-state index contributed by atoms with van der Waals surface area (Å²) >= 11 is 0. The number of carbonyl (C=O) groups is 2. The first-order valence-electron chi connectivity index (χ1n) is 10.9. The van der Waals surface area contributed by atoms with Crippen LogP contribution < -0.4 is 9.80 Å². The molecule has 3 aromatic rings. The van der Waals surface area contributed by atoms with Crippen LogP contribution in [0.2, 0.25) is 0 Å². The van der Waals surface area contributed by atoms with E-state index in [2.05, 4.69) is 15.3 Å². The monoisotopic (exact) mass is 494 g/mol. The van der Waals surface area contributed by atoms with Gasteiger partial charge in [0.15, 0.2) is 12.3 Å². The Labute approximate surface area is 197 Å². The van der Waals surface area contributed by atoms with Crippen LogP contribution in [0, 0.1) is 11.7 Å². The summed E-state index contributed by atoms with van der Waals surface area (Å²) in [5.41, 5.74) is 0.473. The van der Waals surface area contributed by atoms with E-state index in [1.807, 2.05) is 0 Å². The Balaban J connectivity index is 1.32. The smallest absolute Gasteiger partial charge is 0.453 e. The Morgan fingerprint density at radius 2 is 1.77 bits per heavy atom. The standard InChI is InChI=1S/C22H22F4N6O3/c1-2-31(16-5-3-15(23)4-6-16)19(33)13-35-20(34)14-9-11-30(12-10-14)18-8-7-17-27-28-21(22(24,25)26)32(17)29-18/h3-8,14H,2,9-13H2,1H3. The van der Waals surface area contributed by atoms with Gasteiger partial charge in [-0.1, -0.05) is 0 Å². The molecule has 1 aliphatic rings. The van der Waals surface area contributed by atoms with Crippen LogP contribution in [0.15, 0.2) is 36.4 Å². The summed E-state index contributed by atoms with van der Waals surface area (Å²) in [5.74, 6) is -2.73. The largest absolute Gasteiger partial charge is 0.455 e. The molecule has 2 aromatic heterocycles. The molecule has 0 aliphatic carbocycles. The molecule has 9 nitrogen and oxygen atoms in total. The molecule has 4 rings (SSSR count). The number of fused-ring (bicyclic) bond motifs is 1. The maximum Gasteiger partial charge on any atom is 0.453 e. The van der Waals surface area contributed by atoms with Crippen molar-refractivity contribution in [1.29, 1.82) is 0 Å². The molecule has 0 spiro atoms. The van der Waals surface area contributed by atoms with Crippen LogP contribution in [-0.2, 0) is 20.5 Å². The summed E-state index contributed by atoms with van der Waals surface area (Å²) in [6.45, 7) is 2.36. The summed E-state index contributed by atoms with van der Waals surface area (Å²) in [5, 5.41) is 10.7. The summed E-state index contributed by atoms with van der Waals surface area (Å²) in [7, 11) is 0. The highest BCUT2D eigenvalue weighted by molar-refractivity contribution is 5.95. The zero-order valence-electron chi connectivity index (χ0n) is 18.7. The van der Waals surface area contributed by atoms with Crippen molar-refractivity contribution in [2.75, 3.05) is 36.0 Å². The normalized spacial score (nSPS) is 14.8. The Kier molecular flexibility index (Phi) is 6.85. The van der Waals surface area contributed by atoms with Crippen LogP contribution in [0.3, 0.4) is 0 Å². The van der Waals surface area contributed by atoms with Gasteiger partial charge in [-0.25, -0.2) is 4.39 Å². The maximum atomic E-state index is 13.1. The Morgan fingerprint density at radius 1 is 1.09 bits per heavy atom. The van der Waals surface area contributed by atoms with E-state index in [0.717, 1.165) is 0 Å². The first kappa shape index (κ1) is 24.4. The number of amides is 1. The van der Waals surface area contributed by atoms with Crippen LogP contribution in [0.1, 0.15) is 25.6 Å². The zero-order valence-corrected chi connectivity index (χ0v) is 18.7. The highest BCUT2D eigenvalue weighted by Crippen LogP contribution is 2.29. The number of rotatable bonds is 6. The SMILES string of the molecule is CCN(C(=O)COC(=O)C1CCN(c2ccc3nnc(C(F)(F)F)n3n2)CC1)c1ccc(F)cc1. The average Bonchev–Trinajstić information content (AvgIpc) is 3.28. The van der Waals surface area contributed by atoms with E-state index in [1.54, 1.807) is 17.9 Å². The lowest BCUT2D eigenvalue weighted by Gasteiger charge is -2.31. The number of hydrogen-bond donors (Lipinski definition) is 0. The number of anilines is 2. The van der Waals surface area contributed by atoms with Crippen LogP contribution in [0.5, 0.6) is 0 Å². The van der Waals surface area contributed by atoms with Gasteiger partial charge in [0.25, 0.3) is 11.7 Å². The van der Waals surface area contributed by atoms with Crippen molar-refractivity contribution in [3.63, 3.8) is 0 Å². The summed E-state index contributed by atoms with van der Waals surface area (Å²) < 4.78 is 58.3. The third-order valence-corrected chi connectivity index (χ3v) is 5.75. The van der Waals surface area contributed by atoms with Crippen molar-refractivity contribution < 1.29 is 31.9 Å². The number of esters is 1. The number of ether oxygens (including phenoxy) is 1. The molecule has 35 heavy (non-hydrogen) atoms. The Morgan fingerprint density at radius 3 is 2.40 bits per heavy atom. The molecule has 1 saturated heterocycles. The van der Waals surface area contributed by atoms with Crippen molar-refractivity contribution >= 4 is 29.0 Å². The Bertz CT molecular complexity index is 1210. The van der Waals surface area contributed by atoms with E-state index >= 15 is 0 Å². The summed E-state index contributed by atoms with van der Waals surface area (Å²) in [6, 6.07) is 8.37. The molecule has 3 heterocycles. The average molecular weight is 494 g/mol. The second-order valence-electron chi connectivity index (χ2n) is 7.97. The molecule has 1 amide bonds. The molecule has 0 unspecified atom stereocenters. The predicted molar refractivity (Wildman–Crippen MR) is 116 cm³/mol. The number of halogens is 4. The molecule has 1 aliphatic heterocycles. The topological polar surface area (TPSA) is 92.9 Å². The number of likely N-dealkylation sites (N-methyl/N-ethyl adjacent to an activating group) is 1. The fourth-order valence-corrected chi connectivity index (χ4v) is 3.92. The second-order valence-corrected chi connectivity index (χ2v) is 7.97. The van der Waals surface area contributed by atoms with Gasteiger partial charge >= 0.3 is 12.1 Å². The van der Waals surface area contributed by atoms with Crippen molar-refractivity contribution in [2.24, 2.45) is 5.92 Å². The van der Waals surface area contributed by atoms with Crippen LogP contribution in [-0.4, -0.2) is 57.9 Å². The van der Waals surface area contributed by atoms with Crippen LogP contribution in [0.4, 0.5) is 29.1 Å². The van der Waals surface area contributed by atoms with E-state index in [9.17, 15) is 27.2 Å². The molecule has 13 heteroatoms. The molecule has 1 aromatic carbocycles. The summed E-state index contributed by atoms with van der Waals surface area (Å²) in [6.07, 6.45) is -3.92. The third-order valence-electron chi connectivity index (χ3n) is 5.75. The Hall–Kier alpha value is -3.77. The molecule has 0 bridgehead atoms. The van der Waals surface area contributed by atoms with Crippen LogP contribution >= 0.6 is 0 Å². The fraction of sp³-hybridized carbons (Fsp3) is 0.409. The number of alkyl halides is 3. The second kappa shape index (κ2) is 9.84. The van der Waals surface area contributed by atoms with Crippen molar-refractivity contribution in [3.05, 3.63) is 48.0 Å². The van der Waals surface area contributed by atoms with Crippen molar-refractivity contribution in [2.45, 2.75) is 25.9 Å². The number of carbonyl (C=O) groups excluding carboxylic acids is 2. The number of piperidine rings is 1. The van der Waals surface area contributed by atoms with E-state index in [0.29, 0.717) is 48.5 Å². The van der Waals surface area contributed by atoms with Gasteiger partial charge < -0.3 is 14.5 Å². The lowest BCUT2D eigenvalue weighted by molar-refractivity contribution is -0.152. The molecule has 0 atom stereocenters. The van der Waals surface area contributed by atoms with E-state index < -0.39 is 42.2 Å². The van der Waals surface area contributed by atoms with Gasteiger partial charge in [-0.15, -0.1) is 15.3 Å². The third kappa shape index (κ3) is 5.33. The number of nitrogens with zero attached hydrogens (tertiary/aromatic N) is 6. The van der Waals surface area contributed by atoms with Gasteiger partial charge in [0.2, 0.25) is 0 Å². The van der Waals surface area contributed by atoms with Gasteiger partial charge in [-0.3, -0.25) is 9.59 Å². The minimum atomic E-state index is -4.69. The van der Waals surface area contributed by atoms with Gasteiger partial charge in [-0.05, 0) is 56.2 Å². The molecular formula is C22H22F4N6O3. The first-order chi connectivity index (χ1) is 16.7. The fourth-order valence-electron chi connectivity index (χ4n) is 3.92. The molecule has 0 saturated carbocycles. The lowest BCUT2D eigenvalue weighted by Crippen LogP contribution is -2.39. The van der Waals surface area contributed by atoms with E-state index in [4.69, 9.17) is 4.74 Å². The predicted octanol–water partition coefficient (Wildman–Crippen LogP) is 3.09. The maximum absolute atomic E-state index is 13.1. The minimum absolute atomic E-state index is 0.0223. The van der Waals surface area contributed by atoms with E-state index in [-0.39, 0.29) is 5.65 Å². The van der Waals surface area contributed by atoms with Crippen LogP contribution in [0.25, 0.3) is 5.65 Å². The van der Waals surface area contributed by atoms with Crippen molar-refractivity contribution in [1.82, 2.24) is 19.8 Å². The number of benzene rings is 1. The number of hydrogen-bond acceptors (Lipinski definition) is 7. The van der Waals surface area contributed by atoms with Crippen molar-refractivity contribution in [3.8, 4) is 0 Å². The minimum Gasteiger partial charge on any atom is -0.455 e. The highest BCUT2D eigenvalue weighted by Gasteiger charge is 2.38. The lowest BCUT2D eigenvalue weighted by atomic mass is 9.97. The van der Waals surface area contributed by atoms with Gasteiger partial charge in [0, 0.05) is 25.3 Å². The van der Waals surface area contributed by atoms with E-state index in [1.165, 1.54) is 35.2 Å². The quantitative estimate of drug-likeness (QED) is 0.384. The molecule has 186 valence electrons. The molecule has 0 N–H and O–H groups in total. The number of aromatic nitrogens is 4. The first-order valence-corrected chi connectivity index (χ1v) is 10.9.